The molecule has 0 bridgehead atoms. The van der Waals surface area contributed by atoms with E-state index in [4.69, 9.17) is 0 Å². The SMILES string of the molecule is CN(C)c1ccc(CNc2c(C#N)c(=O)n(C)c(=O)n2C)cc1. The van der Waals surface area contributed by atoms with Crippen molar-refractivity contribution in [3.05, 3.63) is 56.2 Å². The Hall–Kier alpha value is -3.01. The number of anilines is 2. The third kappa shape index (κ3) is 3.11. The minimum absolute atomic E-state index is 0.0699. The Labute approximate surface area is 134 Å². The maximum absolute atomic E-state index is 12.0. The summed E-state index contributed by atoms with van der Waals surface area (Å²) < 4.78 is 2.20. The molecule has 0 spiro atoms. The van der Waals surface area contributed by atoms with Crippen LogP contribution >= 0.6 is 0 Å². The van der Waals surface area contributed by atoms with E-state index in [1.807, 2.05) is 49.3 Å². The Kier molecular flexibility index (Phi) is 4.55. The van der Waals surface area contributed by atoms with Crippen LogP contribution in [-0.4, -0.2) is 23.2 Å². The van der Waals surface area contributed by atoms with Gasteiger partial charge in [-0.05, 0) is 17.7 Å². The second-order valence-electron chi connectivity index (χ2n) is 5.46. The van der Waals surface area contributed by atoms with Gasteiger partial charge in [-0.25, -0.2) is 4.79 Å². The number of nitrogens with zero attached hydrogens (tertiary/aromatic N) is 4. The van der Waals surface area contributed by atoms with Crippen molar-refractivity contribution in [2.45, 2.75) is 6.54 Å². The molecule has 23 heavy (non-hydrogen) atoms. The number of rotatable bonds is 4. The maximum Gasteiger partial charge on any atom is 0.332 e. The van der Waals surface area contributed by atoms with Crippen LogP contribution in [0.15, 0.2) is 33.9 Å². The zero-order valence-electron chi connectivity index (χ0n) is 13.6. The van der Waals surface area contributed by atoms with Crippen LogP contribution in [0.4, 0.5) is 11.5 Å². The van der Waals surface area contributed by atoms with Crippen molar-refractivity contribution in [1.82, 2.24) is 9.13 Å². The first kappa shape index (κ1) is 16.4. The van der Waals surface area contributed by atoms with E-state index in [-0.39, 0.29) is 11.4 Å². The van der Waals surface area contributed by atoms with Gasteiger partial charge in [0.05, 0.1) is 0 Å². The van der Waals surface area contributed by atoms with Gasteiger partial charge in [0.2, 0.25) is 0 Å². The van der Waals surface area contributed by atoms with Gasteiger partial charge in [-0.2, -0.15) is 5.26 Å². The number of aromatic nitrogens is 2. The van der Waals surface area contributed by atoms with E-state index in [9.17, 15) is 14.9 Å². The quantitative estimate of drug-likeness (QED) is 0.895. The highest BCUT2D eigenvalue weighted by molar-refractivity contribution is 5.52. The lowest BCUT2D eigenvalue weighted by Crippen LogP contribution is -2.39. The fraction of sp³-hybridized carbons (Fsp3) is 0.312. The molecule has 120 valence electrons. The van der Waals surface area contributed by atoms with Crippen LogP contribution < -0.4 is 21.5 Å². The Morgan fingerprint density at radius 1 is 1.13 bits per heavy atom. The van der Waals surface area contributed by atoms with E-state index < -0.39 is 11.2 Å². The predicted octanol–water partition coefficient (Wildman–Crippen LogP) is 0.634. The summed E-state index contributed by atoms with van der Waals surface area (Å²) in [6.07, 6.45) is 0. The van der Waals surface area contributed by atoms with Gasteiger partial charge in [0.1, 0.15) is 11.9 Å². The normalized spacial score (nSPS) is 10.2. The summed E-state index contributed by atoms with van der Waals surface area (Å²) in [6.45, 7) is 0.406. The van der Waals surface area contributed by atoms with Crippen LogP contribution in [0, 0.1) is 11.3 Å². The summed E-state index contributed by atoms with van der Waals surface area (Å²) in [5, 5.41) is 12.2. The van der Waals surface area contributed by atoms with E-state index in [1.165, 1.54) is 18.7 Å². The molecule has 0 saturated heterocycles. The highest BCUT2D eigenvalue weighted by Gasteiger charge is 2.14. The molecule has 0 radical (unpaired) electrons. The molecule has 1 aromatic carbocycles. The fourth-order valence-electron chi connectivity index (χ4n) is 2.25. The molecule has 7 heteroatoms. The first-order chi connectivity index (χ1) is 10.9. The number of hydrogen-bond donors (Lipinski definition) is 1. The van der Waals surface area contributed by atoms with Gasteiger partial charge in [0.25, 0.3) is 5.56 Å². The van der Waals surface area contributed by atoms with Crippen molar-refractivity contribution in [2.75, 3.05) is 24.3 Å². The van der Waals surface area contributed by atoms with Crippen molar-refractivity contribution in [1.29, 1.82) is 5.26 Å². The number of nitriles is 1. The van der Waals surface area contributed by atoms with Crippen molar-refractivity contribution in [2.24, 2.45) is 14.1 Å². The molecule has 0 aliphatic rings. The highest BCUT2D eigenvalue weighted by atomic mass is 16.2. The van der Waals surface area contributed by atoms with E-state index in [0.717, 1.165) is 15.8 Å². The summed E-state index contributed by atoms with van der Waals surface area (Å²) >= 11 is 0. The van der Waals surface area contributed by atoms with Gasteiger partial charge in [0, 0.05) is 40.4 Å². The molecule has 0 saturated carbocycles. The summed E-state index contributed by atoms with van der Waals surface area (Å²) in [4.78, 5) is 26.0. The largest absolute Gasteiger partial charge is 0.378 e. The lowest BCUT2D eigenvalue weighted by Gasteiger charge is -2.15. The summed E-state index contributed by atoms with van der Waals surface area (Å²) in [6, 6.07) is 9.73. The smallest absolute Gasteiger partial charge is 0.332 e. The van der Waals surface area contributed by atoms with Crippen LogP contribution in [0.1, 0.15) is 11.1 Å². The van der Waals surface area contributed by atoms with E-state index in [1.54, 1.807) is 0 Å². The van der Waals surface area contributed by atoms with E-state index in [2.05, 4.69) is 5.32 Å². The molecule has 2 aromatic rings. The van der Waals surface area contributed by atoms with Crippen LogP contribution in [0.5, 0.6) is 0 Å². The van der Waals surface area contributed by atoms with Gasteiger partial charge < -0.3 is 10.2 Å². The molecule has 0 fully saturated rings. The van der Waals surface area contributed by atoms with Crippen molar-refractivity contribution >= 4 is 11.5 Å². The predicted molar refractivity (Wildman–Crippen MR) is 89.7 cm³/mol. The molecular weight excluding hydrogens is 294 g/mol. The number of benzene rings is 1. The van der Waals surface area contributed by atoms with Crippen LogP contribution in [-0.2, 0) is 20.6 Å². The third-order valence-electron chi connectivity index (χ3n) is 3.69. The van der Waals surface area contributed by atoms with Gasteiger partial charge in [0.15, 0.2) is 5.56 Å². The number of nitrogens with one attached hydrogen (secondary N) is 1. The lowest BCUT2D eigenvalue weighted by molar-refractivity contribution is 0.685. The Morgan fingerprint density at radius 3 is 2.26 bits per heavy atom. The average Bonchev–Trinajstić information content (AvgIpc) is 2.55. The summed E-state index contributed by atoms with van der Waals surface area (Å²) in [5.41, 5.74) is 0.917. The second kappa shape index (κ2) is 6.40. The Bertz CT molecular complexity index is 870. The minimum Gasteiger partial charge on any atom is -0.378 e. The Balaban J connectivity index is 2.33. The van der Waals surface area contributed by atoms with Crippen molar-refractivity contribution in [3.8, 4) is 6.07 Å². The molecule has 0 amide bonds. The molecule has 0 aliphatic carbocycles. The molecule has 1 heterocycles. The van der Waals surface area contributed by atoms with Crippen molar-refractivity contribution in [3.63, 3.8) is 0 Å². The summed E-state index contributed by atoms with van der Waals surface area (Å²) in [7, 11) is 6.80. The zero-order chi connectivity index (χ0) is 17.1. The van der Waals surface area contributed by atoms with Crippen LogP contribution in [0.2, 0.25) is 0 Å². The fourth-order valence-corrected chi connectivity index (χ4v) is 2.25. The van der Waals surface area contributed by atoms with Crippen LogP contribution in [0.3, 0.4) is 0 Å². The van der Waals surface area contributed by atoms with Gasteiger partial charge in [-0.3, -0.25) is 13.9 Å². The minimum atomic E-state index is -0.596. The summed E-state index contributed by atoms with van der Waals surface area (Å²) in [5.74, 6) is 0.234. The molecule has 0 unspecified atom stereocenters. The van der Waals surface area contributed by atoms with Crippen LogP contribution in [0.25, 0.3) is 0 Å². The lowest BCUT2D eigenvalue weighted by atomic mass is 10.2. The molecule has 7 nitrogen and oxygen atoms in total. The number of hydrogen-bond acceptors (Lipinski definition) is 5. The molecule has 2 rings (SSSR count). The van der Waals surface area contributed by atoms with E-state index in [0.29, 0.717) is 6.54 Å². The Morgan fingerprint density at radius 2 is 1.74 bits per heavy atom. The zero-order valence-corrected chi connectivity index (χ0v) is 13.6. The monoisotopic (exact) mass is 313 g/mol. The first-order valence-corrected chi connectivity index (χ1v) is 7.07. The van der Waals surface area contributed by atoms with Gasteiger partial charge >= 0.3 is 5.69 Å². The molecular formula is C16H19N5O2. The topological polar surface area (TPSA) is 83.1 Å². The highest BCUT2D eigenvalue weighted by Crippen LogP contribution is 2.14. The second-order valence-corrected chi connectivity index (χ2v) is 5.46. The molecule has 1 N–H and O–H groups in total. The average molecular weight is 313 g/mol. The molecule has 0 aliphatic heterocycles. The molecule has 1 aromatic heterocycles. The van der Waals surface area contributed by atoms with Gasteiger partial charge in [-0.1, -0.05) is 12.1 Å². The maximum atomic E-state index is 12.0. The van der Waals surface area contributed by atoms with E-state index >= 15 is 0 Å². The van der Waals surface area contributed by atoms with Crippen molar-refractivity contribution < 1.29 is 0 Å². The first-order valence-electron chi connectivity index (χ1n) is 7.07. The molecule has 0 atom stereocenters. The third-order valence-corrected chi connectivity index (χ3v) is 3.69. The standard InChI is InChI=1S/C16H19N5O2/c1-19(2)12-7-5-11(6-8-12)10-18-14-13(9-17)15(22)21(4)16(23)20(14)3/h5-8,18H,10H2,1-4H3. The van der Waals surface area contributed by atoms with Gasteiger partial charge in [-0.15, -0.1) is 0 Å².